The van der Waals surface area contributed by atoms with Gasteiger partial charge in [0.15, 0.2) is 0 Å². The third-order valence-electron chi connectivity index (χ3n) is 3.10. The number of aromatic nitrogens is 1. The Kier molecular flexibility index (Phi) is 3.23. The first-order valence-corrected chi connectivity index (χ1v) is 6.98. The van der Waals surface area contributed by atoms with E-state index in [0.717, 1.165) is 21.0 Å². The molecule has 0 bridgehead atoms. The summed E-state index contributed by atoms with van der Waals surface area (Å²) in [7, 11) is 0. The van der Waals surface area contributed by atoms with E-state index >= 15 is 0 Å². The van der Waals surface area contributed by atoms with Crippen LogP contribution in [0.1, 0.15) is 22.1 Å². The minimum atomic E-state index is -0.577. The summed E-state index contributed by atoms with van der Waals surface area (Å²) in [6.07, 6.45) is 1.18. The van der Waals surface area contributed by atoms with Crippen LogP contribution in [0.4, 0.5) is 0 Å². The van der Waals surface area contributed by atoms with Crippen molar-refractivity contribution in [2.24, 2.45) is 0 Å². The number of aliphatic hydroxyl groups is 1. The SMILES string of the molecule is Cc1ccc(-c2ncc(C(O)c3cc[cH-]c3)s2)cc1. The van der Waals surface area contributed by atoms with Crippen molar-refractivity contribution >= 4 is 11.3 Å². The van der Waals surface area contributed by atoms with E-state index < -0.39 is 6.10 Å². The molecule has 1 heterocycles. The van der Waals surface area contributed by atoms with Crippen molar-refractivity contribution in [1.82, 2.24) is 4.98 Å². The van der Waals surface area contributed by atoms with Gasteiger partial charge in [-0.3, -0.25) is 0 Å². The minimum Gasteiger partial charge on any atom is -0.396 e. The molecule has 2 aromatic carbocycles. The van der Waals surface area contributed by atoms with Gasteiger partial charge in [-0.05, 0) is 6.92 Å². The molecule has 0 aliphatic heterocycles. The van der Waals surface area contributed by atoms with Crippen molar-refractivity contribution < 1.29 is 5.11 Å². The molecule has 0 aliphatic carbocycles. The Balaban J connectivity index is 1.89. The normalized spacial score (nSPS) is 12.5. The van der Waals surface area contributed by atoms with E-state index in [4.69, 9.17) is 0 Å². The molecule has 0 radical (unpaired) electrons. The van der Waals surface area contributed by atoms with Crippen LogP contribution in [0.25, 0.3) is 10.6 Å². The van der Waals surface area contributed by atoms with Gasteiger partial charge in [0, 0.05) is 16.6 Å². The monoisotopic (exact) mass is 268 g/mol. The molecule has 1 aromatic heterocycles. The number of benzene rings is 1. The van der Waals surface area contributed by atoms with Gasteiger partial charge in [-0.15, -0.1) is 11.3 Å². The maximum atomic E-state index is 10.3. The van der Waals surface area contributed by atoms with Gasteiger partial charge in [0.2, 0.25) is 0 Å². The number of aryl methyl sites for hydroxylation is 1. The predicted molar refractivity (Wildman–Crippen MR) is 78.4 cm³/mol. The van der Waals surface area contributed by atoms with Gasteiger partial charge in [0.1, 0.15) is 5.01 Å². The van der Waals surface area contributed by atoms with Gasteiger partial charge in [0.25, 0.3) is 0 Å². The Morgan fingerprint density at radius 1 is 1.21 bits per heavy atom. The number of nitrogens with zero attached hydrogens (tertiary/aromatic N) is 1. The molecule has 19 heavy (non-hydrogen) atoms. The molecular formula is C16H14NOS-. The van der Waals surface area contributed by atoms with Crippen molar-refractivity contribution in [2.75, 3.05) is 0 Å². The molecule has 3 rings (SSSR count). The van der Waals surface area contributed by atoms with Crippen molar-refractivity contribution in [1.29, 1.82) is 0 Å². The van der Waals surface area contributed by atoms with Gasteiger partial charge in [-0.1, -0.05) is 29.8 Å². The third kappa shape index (κ3) is 2.48. The molecule has 0 aliphatic rings. The van der Waals surface area contributed by atoms with Gasteiger partial charge in [-0.25, -0.2) is 11.1 Å². The molecule has 3 heteroatoms. The maximum absolute atomic E-state index is 10.3. The van der Waals surface area contributed by atoms with Gasteiger partial charge >= 0.3 is 0 Å². The van der Waals surface area contributed by atoms with Crippen LogP contribution in [-0.4, -0.2) is 10.1 Å². The molecule has 96 valence electrons. The Bertz CT molecular complexity index is 652. The molecule has 1 atom stereocenters. The van der Waals surface area contributed by atoms with Crippen molar-refractivity contribution in [3.8, 4) is 10.6 Å². The highest BCUT2D eigenvalue weighted by molar-refractivity contribution is 7.15. The standard InChI is InChI=1S/C16H14NOS/c1-11-6-8-13(9-7-11)16-17-10-14(19-16)15(18)12-4-2-3-5-12/h2-10,15,18H,1H3/q-1. The zero-order chi connectivity index (χ0) is 13.2. The average molecular weight is 268 g/mol. The maximum Gasteiger partial charge on any atom is 0.123 e. The highest BCUT2D eigenvalue weighted by Crippen LogP contribution is 2.32. The molecule has 2 nitrogen and oxygen atoms in total. The molecule has 3 aromatic rings. The summed E-state index contributed by atoms with van der Waals surface area (Å²) in [6.45, 7) is 2.07. The molecule has 0 amide bonds. The summed E-state index contributed by atoms with van der Waals surface area (Å²) in [6, 6.07) is 16.0. The van der Waals surface area contributed by atoms with Crippen molar-refractivity contribution in [2.45, 2.75) is 13.0 Å². The summed E-state index contributed by atoms with van der Waals surface area (Å²) < 4.78 is 0. The van der Waals surface area contributed by atoms with Crippen LogP contribution in [0.5, 0.6) is 0 Å². The fourth-order valence-electron chi connectivity index (χ4n) is 1.98. The molecule has 0 saturated carbocycles. The van der Waals surface area contributed by atoms with Gasteiger partial charge in [0.05, 0.1) is 6.10 Å². The van der Waals surface area contributed by atoms with Crippen LogP contribution in [0, 0.1) is 6.92 Å². The smallest absolute Gasteiger partial charge is 0.123 e. The van der Waals surface area contributed by atoms with Crippen LogP contribution in [0.2, 0.25) is 0 Å². The lowest BCUT2D eigenvalue weighted by atomic mass is 10.2. The Morgan fingerprint density at radius 2 is 2.00 bits per heavy atom. The number of hydrogen-bond acceptors (Lipinski definition) is 3. The Hall–Kier alpha value is -1.84. The van der Waals surface area contributed by atoms with E-state index in [1.165, 1.54) is 16.9 Å². The molecule has 0 saturated heterocycles. The quantitative estimate of drug-likeness (QED) is 0.730. The number of aliphatic hydroxyl groups excluding tert-OH is 1. The molecule has 0 fully saturated rings. The van der Waals surface area contributed by atoms with Crippen molar-refractivity contribution in [3.63, 3.8) is 0 Å². The van der Waals surface area contributed by atoms with Crippen LogP contribution < -0.4 is 0 Å². The topological polar surface area (TPSA) is 33.1 Å². The fourth-order valence-corrected chi connectivity index (χ4v) is 2.91. The minimum absolute atomic E-state index is 0.577. The predicted octanol–water partition coefficient (Wildman–Crippen LogP) is 3.92. The van der Waals surface area contributed by atoms with E-state index in [1.807, 2.05) is 24.3 Å². The Morgan fingerprint density at radius 3 is 2.68 bits per heavy atom. The third-order valence-corrected chi connectivity index (χ3v) is 4.19. The average Bonchev–Trinajstić information content (AvgIpc) is 3.10. The first kappa shape index (κ1) is 12.2. The van der Waals surface area contributed by atoms with E-state index in [9.17, 15) is 5.11 Å². The number of rotatable bonds is 3. The fraction of sp³-hybridized carbons (Fsp3) is 0.125. The van der Waals surface area contributed by atoms with Crippen LogP contribution in [0.15, 0.2) is 54.7 Å². The van der Waals surface area contributed by atoms with E-state index in [1.54, 1.807) is 6.20 Å². The lowest BCUT2D eigenvalue weighted by Gasteiger charge is -2.11. The Labute approximate surface area is 116 Å². The lowest BCUT2D eigenvalue weighted by molar-refractivity contribution is 0.224. The summed E-state index contributed by atoms with van der Waals surface area (Å²) >= 11 is 1.54. The largest absolute Gasteiger partial charge is 0.396 e. The highest BCUT2D eigenvalue weighted by atomic mass is 32.1. The zero-order valence-electron chi connectivity index (χ0n) is 10.6. The van der Waals surface area contributed by atoms with Crippen molar-refractivity contribution in [3.05, 3.63) is 70.7 Å². The number of thiazole rings is 1. The van der Waals surface area contributed by atoms with Crippen LogP contribution in [-0.2, 0) is 0 Å². The molecule has 1 N–H and O–H groups in total. The number of hydrogen-bond donors (Lipinski definition) is 1. The lowest BCUT2D eigenvalue weighted by Crippen LogP contribution is -1.93. The summed E-state index contributed by atoms with van der Waals surface area (Å²) in [5.41, 5.74) is 3.24. The zero-order valence-corrected chi connectivity index (χ0v) is 11.4. The van der Waals surface area contributed by atoms with E-state index in [0.29, 0.717) is 0 Å². The summed E-state index contributed by atoms with van der Waals surface area (Å²) in [5.74, 6) is 0. The summed E-state index contributed by atoms with van der Waals surface area (Å²) in [5, 5.41) is 11.2. The van der Waals surface area contributed by atoms with E-state index in [2.05, 4.69) is 36.2 Å². The second kappa shape index (κ2) is 5.03. The highest BCUT2D eigenvalue weighted by Gasteiger charge is 2.10. The van der Waals surface area contributed by atoms with Gasteiger partial charge < -0.3 is 5.11 Å². The second-order valence-corrected chi connectivity index (χ2v) is 5.62. The first-order chi connectivity index (χ1) is 9.24. The summed E-state index contributed by atoms with van der Waals surface area (Å²) in [4.78, 5) is 5.28. The van der Waals surface area contributed by atoms with Gasteiger partial charge in [-0.2, -0.15) is 23.8 Å². The molecule has 0 spiro atoms. The van der Waals surface area contributed by atoms with Crippen LogP contribution >= 0.6 is 11.3 Å². The van der Waals surface area contributed by atoms with Crippen LogP contribution in [0.3, 0.4) is 0 Å². The second-order valence-electron chi connectivity index (χ2n) is 4.55. The van der Waals surface area contributed by atoms with E-state index in [-0.39, 0.29) is 0 Å². The molecule has 1 unspecified atom stereocenters. The first-order valence-electron chi connectivity index (χ1n) is 6.16. The molecular weight excluding hydrogens is 254 g/mol.